The normalized spacial score (nSPS) is 12.5. The molecule has 0 aliphatic carbocycles. The van der Waals surface area contributed by atoms with Crippen molar-refractivity contribution < 1.29 is 13.2 Å². The number of carbonyl (C=O) groups excluding carboxylic acids is 1. The largest absolute Gasteiger partial charge is 0.294 e. The zero-order valence-electron chi connectivity index (χ0n) is 12.1. The minimum absolute atomic E-state index is 0.0427. The van der Waals surface area contributed by atoms with Crippen LogP contribution in [0.2, 0.25) is 0 Å². The number of nitrogens with zero attached hydrogens (tertiary/aromatic N) is 1. The van der Waals surface area contributed by atoms with E-state index in [4.69, 9.17) is 0 Å². The minimum Gasteiger partial charge on any atom is -0.294 e. The standard InChI is InChI=1S/C15H19NO3S/c1-10(2)15(17)13-9-16(20(18,19)11(3)4)14-8-6-5-7-12(13)14/h5-11H,1-4H3. The number of carbonyl (C=O) groups is 1. The maximum atomic E-state index is 12.4. The highest BCUT2D eigenvalue weighted by Crippen LogP contribution is 2.26. The molecule has 0 aliphatic heterocycles. The third-order valence-corrected chi connectivity index (χ3v) is 5.38. The lowest BCUT2D eigenvalue weighted by atomic mass is 10.0. The zero-order chi connectivity index (χ0) is 15.1. The summed E-state index contributed by atoms with van der Waals surface area (Å²) in [5.74, 6) is -0.213. The Hall–Kier alpha value is -1.62. The average molecular weight is 293 g/mol. The highest BCUT2D eigenvalue weighted by molar-refractivity contribution is 7.90. The van der Waals surface area contributed by atoms with E-state index < -0.39 is 15.3 Å². The highest BCUT2D eigenvalue weighted by Gasteiger charge is 2.25. The van der Waals surface area contributed by atoms with Crippen LogP contribution in [0.15, 0.2) is 30.5 Å². The van der Waals surface area contributed by atoms with Gasteiger partial charge in [-0.3, -0.25) is 4.79 Å². The quantitative estimate of drug-likeness (QED) is 0.814. The molecular weight excluding hydrogens is 274 g/mol. The van der Waals surface area contributed by atoms with Crippen molar-refractivity contribution in [2.24, 2.45) is 5.92 Å². The molecule has 4 nitrogen and oxygen atoms in total. The van der Waals surface area contributed by atoms with E-state index in [0.29, 0.717) is 16.5 Å². The molecule has 0 unspecified atom stereocenters. The van der Waals surface area contributed by atoms with E-state index in [1.165, 1.54) is 10.2 Å². The summed E-state index contributed by atoms with van der Waals surface area (Å²) in [5.41, 5.74) is 1.03. The monoisotopic (exact) mass is 293 g/mol. The molecule has 1 aromatic carbocycles. The van der Waals surface area contributed by atoms with Crippen LogP contribution in [0.25, 0.3) is 10.9 Å². The van der Waals surface area contributed by atoms with Gasteiger partial charge >= 0.3 is 0 Å². The van der Waals surface area contributed by atoms with Gasteiger partial charge in [-0.25, -0.2) is 12.4 Å². The van der Waals surface area contributed by atoms with Crippen molar-refractivity contribution in [3.05, 3.63) is 36.0 Å². The second-order valence-electron chi connectivity index (χ2n) is 5.47. The second-order valence-corrected chi connectivity index (χ2v) is 7.83. The molecule has 0 fully saturated rings. The molecule has 0 aliphatic rings. The lowest BCUT2D eigenvalue weighted by molar-refractivity contribution is 0.0941. The zero-order valence-corrected chi connectivity index (χ0v) is 12.9. The van der Waals surface area contributed by atoms with Crippen molar-refractivity contribution in [3.63, 3.8) is 0 Å². The van der Waals surface area contributed by atoms with Crippen molar-refractivity contribution in [3.8, 4) is 0 Å². The van der Waals surface area contributed by atoms with E-state index in [-0.39, 0.29) is 11.7 Å². The number of benzene rings is 1. The van der Waals surface area contributed by atoms with Gasteiger partial charge in [-0.2, -0.15) is 0 Å². The number of fused-ring (bicyclic) bond motifs is 1. The molecular formula is C15H19NO3S. The van der Waals surface area contributed by atoms with Gasteiger partial charge in [-0.05, 0) is 19.9 Å². The topological polar surface area (TPSA) is 56.1 Å². The number of rotatable bonds is 4. The molecule has 0 radical (unpaired) electrons. The number of aromatic nitrogens is 1. The molecule has 20 heavy (non-hydrogen) atoms. The first-order chi connectivity index (χ1) is 9.26. The molecule has 0 saturated heterocycles. The van der Waals surface area contributed by atoms with Crippen molar-refractivity contribution >= 4 is 26.7 Å². The molecule has 2 rings (SSSR count). The Balaban J connectivity index is 2.80. The number of Topliss-reactive ketones (excluding diaryl/α,β-unsaturated/α-hetero) is 1. The fourth-order valence-corrected chi connectivity index (χ4v) is 3.23. The van der Waals surface area contributed by atoms with E-state index in [2.05, 4.69) is 0 Å². The summed E-state index contributed by atoms with van der Waals surface area (Å²) in [4.78, 5) is 12.3. The van der Waals surface area contributed by atoms with Gasteiger partial charge in [0, 0.05) is 23.1 Å². The van der Waals surface area contributed by atoms with Crippen LogP contribution in [0.4, 0.5) is 0 Å². The average Bonchev–Trinajstić information content (AvgIpc) is 2.77. The van der Waals surface area contributed by atoms with Crippen molar-refractivity contribution in [1.82, 2.24) is 3.97 Å². The lowest BCUT2D eigenvalue weighted by Gasteiger charge is -2.10. The highest BCUT2D eigenvalue weighted by atomic mass is 32.2. The van der Waals surface area contributed by atoms with Gasteiger partial charge in [0.15, 0.2) is 5.78 Å². The maximum Gasteiger partial charge on any atom is 0.241 e. The molecule has 0 spiro atoms. The van der Waals surface area contributed by atoms with Crippen LogP contribution in [0, 0.1) is 5.92 Å². The van der Waals surface area contributed by atoms with Gasteiger partial charge in [0.25, 0.3) is 0 Å². The molecule has 0 saturated carbocycles. The number of ketones is 1. The Labute approximate surface area is 119 Å². The summed E-state index contributed by atoms with van der Waals surface area (Å²) in [7, 11) is -3.48. The first-order valence-electron chi connectivity index (χ1n) is 6.65. The van der Waals surface area contributed by atoms with Gasteiger partial charge in [0.2, 0.25) is 10.0 Å². The van der Waals surface area contributed by atoms with E-state index in [1.807, 2.05) is 19.9 Å². The Morgan fingerprint density at radius 1 is 1.10 bits per heavy atom. The molecule has 108 valence electrons. The van der Waals surface area contributed by atoms with Crippen LogP contribution in [-0.2, 0) is 10.0 Å². The fourth-order valence-electron chi connectivity index (χ4n) is 2.09. The summed E-state index contributed by atoms with van der Waals surface area (Å²) >= 11 is 0. The van der Waals surface area contributed by atoms with E-state index >= 15 is 0 Å². The third kappa shape index (κ3) is 2.26. The van der Waals surface area contributed by atoms with Crippen LogP contribution in [-0.4, -0.2) is 23.4 Å². The maximum absolute atomic E-state index is 12.4. The lowest BCUT2D eigenvalue weighted by Crippen LogP contribution is -2.21. The molecule has 0 atom stereocenters. The first kappa shape index (κ1) is 14.8. The molecule has 5 heteroatoms. The van der Waals surface area contributed by atoms with E-state index in [0.717, 1.165) is 0 Å². The van der Waals surface area contributed by atoms with Crippen molar-refractivity contribution in [2.45, 2.75) is 32.9 Å². The SMILES string of the molecule is CC(C)C(=O)c1cn(S(=O)(=O)C(C)C)c2ccccc12. The fraction of sp³-hybridized carbons (Fsp3) is 0.400. The summed E-state index contributed by atoms with van der Waals surface area (Å²) in [6.07, 6.45) is 1.46. The summed E-state index contributed by atoms with van der Waals surface area (Å²) in [5, 5.41) is 0.149. The Bertz CT molecular complexity index is 755. The second kappa shape index (κ2) is 5.05. The molecule has 0 amide bonds. The van der Waals surface area contributed by atoms with E-state index in [1.54, 1.807) is 32.0 Å². The Kier molecular flexibility index (Phi) is 3.73. The minimum atomic E-state index is -3.48. The Morgan fingerprint density at radius 3 is 2.25 bits per heavy atom. The summed E-state index contributed by atoms with van der Waals surface area (Å²) < 4.78 is 26.0. The Morgan fingerprint density at radius 2 is 1.70 bits per heavy atom. The van der Waals surface area contributed by atoms with Crippen LogP contribution < -0.4 is 0 Å². The molecule has 1 heterocycles. The first-order valence-corrected chi connectivity index (χ1v) is 8.15. The van der Waals surface area contributed by atoms with Crippen molar-refractivity contribution in [2.75, 3.05) is 0 Å². The number of para-hydroxylation sites is 1. The summed E-state index contributed by atoms with van der Waals surface area (Å²) in [6.45, 7) is 6.89. The number of hydrogen-bond donors (Lipinski definition) is 0. The van der Waals surface area contributed by atoms with Crippen LogP contribution in [0.3, 0.4) is 0 Å². The van der Waals surface area contributed by atoms with Crippen molar-refractivity contribution in [1.29, 1.82) is 0 Å². The van der Waals surface area contributed by atoms with Crippen LogP contribution >= 0.6 is 0 Å². The predicted molar refractivity (Wildman–Crippen MR) is 80.6 cm³/mol. The third-order valence-electron chi connectivity index (χ3n) is 3.34. The van der Waals surface area contributed by atoms with Gasteiger partial charge < -0.3 is 0 Å². The van der Waals surface area contributed by atoms with E-state index in [9.17, 15) is 13.2 Å². The molecule has 2 aromatic rings. The van der Waals surface area contributed by atoms with Gasteiger partial charge in [-0.1, -0.05) is 32.0 Å². The van der Waals surface area contributed by atoms with Gasteiger partial charge in [0.05, 0.1) is 10.8 Å². The van der Waals surface area contributed by atoms with Crippen LogP contribution in [0.5, 0.6) is 0 Å². The number of hydrogen-bond acceptors (Lipinski definition) is 3. The predicted octanol–water partition coefficient (Wildman–Crippen LogP) is 3.07. The smallest absolute Gasteiger partial charge is 0.241 e. The van der Waals surface area contributed by atoms with Crippen LogP contribution in [0.1, 0.15) is 38.1 Å². The molecule has 0 bridgehead atoms. The summed E-state index contributed by atoms with van der Waals surface area (Å²) in [6, 6.07) is 7.10. The van der Waals surface area contributed by atoms with Gasteiger partial charge in [0.1, 0.15) is 0 Å². The molecule has 1 aromatic heterocycles. The van der Waals surface area contributed by atoms with Gasteiger partial charge in [-0.15, -0.1) is 0 Å². The molecule has 0 N–H and O–H groups in total.